The molecular weight excluding hydrogens is 434 g/mol. The quantitative estimate of drug-likeness (QED) is 0.570. The number of carbonyl (C=O) groups is 1. The van der Waals surface area contributed by atoms with Crippen LogP contribution in [0.3, 0.4) is 0 Å². The molecule has 2 aromatic heterocycles. The van der Waals surface area contributed by atoms with Gasteiger partial charge in [-0.1, -0.05) is 23.5 Å². The molecular formula is C25H27N5O2S. The number of anilines is 1. The third-order valence-corrected chi connectivity index (χ3v) is 6.94. The molecule has 0 aliphatic carbocycles. The standard InChI is InChI=1S/C25H27N5O2S/c1-15-10-19(11-16(2)27-15)22-21(18-7-5-6-17(12-18)13-26)28-23(33-22)29-24(31)30-9-8-20(14-30)25(3,4)32/h5-7,10-12,20,32H,8-9,14H2,1-4H3,(H,28,29,31)/t20-/m0/s1. The van der Waals surface area contributed by atoms with Crippen molar-refractivity contribution >= 4 is 22.5 Å². The first-order chi connectivity index (χ1) is 15.6. The van der Waals surface area contributed by atoms with E-state index in [0.717, 1.165) is 33.8 Å². The van der Waals surface area contributed by atoms with Crippen molar-refractivity contribution in [2.45, 2.75) is 39.7 Å². The molecule has 1 aromatic carbocycles. The second kappa shape index (κ2) is 8.93. The number of likely N-dealkylation sites (tertiary alicyclic amines) is 1. The van der Waals surface area contributed by atoms with Gasteiger partial charge < -0.3 is 10.0 Å². The Morgan fingerprint density at radius 2 is 1.94 bits per heavy atom. The minimum Gasteiger partial charge on any atom is -0.390 e. The van der Waals surface area contributed by atoms with Gasteiger partial charge in [0.1, 0.15) is 0 Å². The van der Waals surface area contributed by atoms with Crippen molar-refractivity contribution in [2.24, 2.45) is 5.92 Å². The molecule has 0 unspecified atom stereocenters. The van der Waals surface area contributed by atoms with E-state index in [4.69, 9.17) is 4.98 Å². The smallest absolute Gasteiger partial charge is 0.323 e. The number of nitrogens with one attached hydrogen (secondary N) is 1. The van der Waals surface area contributed by atoms with Gasteiger partial charge in [0.15, 0.2) is 5.13 Å². The van der Waals surface area contributed by atoms with Gasteiger partial charge >= 0.3 is 6.03 Å². The first-order valence-electron chi connectivity index (χ1n) is 10.9. The van der Waals surface area contributed by atoms with Gasteiger partial charge in [-0.2, -0.15) is 5.26 Å². The van der Waals surface area contributed by atoms with Crippen molar-refractivity contribution in [3.05, 3.63) is 53.3 Å². The highest BCUT2D eigenvalue weighted by atomic mass is 32.1. The van der Waals surface area contributed by atoms with Crippen molar-refractivity contribution in [3.63, 3.8) is 0 Å². The van der Waals surface area contributed by atoms with Crippen LogP contribution in [-0.4, -0.2) is 44.7 Å². The van der Waals surface area contributed by atoms with E-state index in [2.05, 4.69) is 16.4 Å². The third-order valence-electron chi connectivity index (χ3n) is 5.92. The van der Waals surface area contributed by atoms with Crippen LogP contribution in [0.1, 0.15) is 37.2 Å². The molecule has 1 atom stereocenters. The van der Waals surface area contributed by atoms with Gasteiger partial charge in [-0.25, -0.2) is 9.78 Å². The number of aliphatic hydroxyl groups is 1. The van der Waals surface area contributed by atoms with E-state index in [1.807, 2.05) is 38.1 Å². The number of rotatable bonds is 4. The predicted octanol–water partition coefficient (Wildman–Crippen LogP) is 4.99. The molecule has 1 saturated heterocycles. The Hall–Kier alpha value is -3.28. The van der Waals surface area contributed by atoms with E-state index in [9.17, 15) is 15.2 Å². The summed E-state index contributed by atoms with van der Waals surface area (Å²) in [5, 5.41) is 23.1. The number of benzene rings is 1. The van der Waals surface area contributed by atoms with E-state index in [-0.39, 0.29) is 11.9 Å². The van der Waals surface area contributed by atoms with Crippen LogP contribution in [0.15, 0.2) is 36.4 Å². The molecule has 0 saturated carbocycles. The number of urea groups is 1. The molecule has 1 aliphatic heterocycles. The van der Waals surface area contributed by atoms with Gasteiger partial charge in [0.05, 0.1) is 27.8 Å². The van der Waals surface area contributed by atoms with Gasteiger partial charge in [0, 0.05) is 36.0 Å². The lowest BCUT2D eigenvalue weighted by molar-refractivity contribution is 0.0227. The fraction of sp³-hybridized carbons (Fsp3) is 0.360. The molecule has 8 heteroatoms. The number of hydrogen-bond acceptors (Lipinski definition) is 6. The number of thiazole rings is 1. The summed E-state index contributed by atoms with van der Waals surface area (Å²) in [5.74, 6) is 0.0437. The molecule has 7 nitrogen and oxygen atoms in total. The normalized spacial score (nSPS) is 16.0. The molecule has 3 heterocycles. The first kappa shape index (κ1) is 22.9. The van der Waals surface area contributed by atoms with E-state index in [1.54, 1.807) is 30.9 Å². The van der Waals surface area contributed by atoms with Gasteiger partial charge in [-0.3, -0.25) is 10.3 Å². The maximum absolute atomic E-state index is 12.9. The number of aromatic nitrogens is 2. The average Bonchev–Trinajstić information content (AvgIpc) is 3.41. The highest BCUT2D eigenvalue weighted by Gasteiger charge is 2.35. The van der Waals surface area contributed by atoms with Crippen LogP contribution in [-0.2, 0) is 0 Å². The second-order valence-corrected chi connectivity index (χ2v) is 10.0. The molecule has 2 amide bonds. The Labute approximate surface area is 197 Å². The Morgan fingerprint density at radius 1 is 1.21 bits per heavy atom. The number of amides is 2. The van der Waals surface area contributed by atoms with Crippen LogP contribution in [0.5, 0.6) is 0 Å². The summed E-state index contributed by atoms with van der Waals surface area (Å²) in [6.45, 7) is 8.57. The summed E-state index contributed by atoms with van der Waals surface area (Å²) in [5.41, 5.74) is 4.03. The fourth-order valence-corrected chi connectivity index (χ4v) is 5.12. The second-order valence-electron chi connectivity index (χ2n) is 9.04. The summed E-state index contributed by atoms with van der Waals surface area (Å²) in [6, 6.07) is 13.3. The Kier molecular flexibility index (Phi) is 6.19. The molecule has 1 fully saturated rings. The van der Waals surface area contributed by atoms with Crippen molar-refractivity contribution in [1.82, 2.24) is 14.9 Å². The molecule has 170 valence electrons. The molecule has 3 aromatic rings. The Morgan fingerprint density at radius 3 is 2.58 bits per heavy atom. The number of aryl methyl sites for hydroxylation is 2. The van der Waals surface area contributed by atoms with Crippen molar-refractivity contribution in [2.75, 3.05) is 18.4 Å². The SMILES string of the molecule is Cc1cc(-c2sc(NC(=O)N3CC[C@H](C(C)(C)O)C3)nc2-c2cccc(C#N)c2)cc(C)n1. The van der Waals surface area contributed by atoms with Crippen LogP contribution in [0.25, 0.3) is 21.7 Å². The monoisotopic (exact) mass is 461 g/mol. The predicted molar refractivity (Wildman–Crippen MR) is 130 cm³/mol. The van der Waals surface area contributed by atoms with E-state index >= 15 is 0 Å². The largest absolute Gasteiger partial charge is 0.390 e. The van der Waals surface area contributed by atoms with E-state index in [0.29, 0.717) is 29.5 Å². The number of nitrogens with zero attached hydrogens (tertiary/aromatic N) is 4. The minimum absolute atomic E-state index is 0.0437. The van der Waals surface area contributed by atoms with Crippen LogP contribution in [0.2, 0.25) is 0 Å². The molecule has 4 rings (SSSR count). The molecule has 0 radical (unpaired) electrons. The minimum atomic E-state index is -0.820. The number of carbonyl (C=O) groups excluding carboxylic acids is 1. The Bertz CT molecular complexity index is 1220. The maximum Gasteiger partial charge on any atom is 0.323 e. The lowest BCUT2D eigenvalue weighted by Gasteiger charge is -2.25. The summed E-state index contributed by atoms with van der Waals surface area (Å²) in [7, 11) is 0. The topological polar surface area (TPSA) is 102 Å². The van der Waals surface area contributed by atoms with Crippen molar-refractivity contribution in [1.29, 1.82) is 5.26 Å². The molecule has 0 bridgehead atoms. The zero-order chi connectivity index (χ0) is 23.8. The van der Waals surface area contributed by atoms with Gasteiger partial charge in [-0.05, 0) is 63.9 Å². The van der Waals surface area contributed by atoms with Crippen molar-refractivity contribution < 1.29 is 9.90 Å². The maximum atomic E-state index is 12.9. The molecule has 0 spiro atoms. The van der Waals surface area contributed by atoms with E-state index < -0.39 is 5.60 Å². The number of pyridine rings is 1. The first-order valence-corrected chi connectivity index (χ1v) is 11.7. The summed E-state index contributed by atoms with van der Waals surface area (Å²) in [4.78, 5) is 24.8. The van der Waals surface area contributed by atoms with Crippen LogP contribution < -0.4 is 5.32 Å². The van der Waals surface area contributed by atoms with Crippen LogP contribution in [0.4, 0.5) is 9.93 Å². The van der Waals surface area contributed by atoms with Gasteiger partial charge in [-0.15, -0.1) is 0 Å². The highest BCUT2D eigenvalue weighted by Crippen LogP contribution is 2.40. The van der Waals surface area contributed by atoms with Gasteiger partial charge in [0.2, 0.25) is 0 Å². The van der Waals surface area contributed by atoms with Crippen LogP contribution in [0, 0.1) is 31.1 Å². The number of nitriles is 1. The lowest BCUT2D eigenvalue weighted by Crippen LogP contribution is -2.37. The highest BCUT2D eigenvalue weighted by molar-refractivity contribution is 7.19. The van der Waals surface area contributed by atoms with Gasteiger partial charge in [0.25, 0.3) is 0 Å². The average molecular weight is 462 g/mol. The summed E-state index contributed by atoms with van der Waals surface area (Å²) >= 11 is 1.40. The van der Waals surface area contributed by atoms with Crippen LogP contribution >= 0.6 is 11.3 Å². The summed E-state index contributed by atoms with van der Waals surface area (Å²) < 4.78 is 0. The molecule has 33 heavy (non-hydrogen) atoms. The fourth-order valence-electron chi connectivity index (χ4n) is 4.16. The summed E-state index contributed by atoms with van der Waals surface area (Å²) in [6.07, 6.45) is 0.766. The van der Waals surface area contributed by atoms with Crippen molar-refractivity contribution in [3.8, 4) is 27.8 Å². The molecule has 2 N–H and O–H groups in total. The Balaban J connectivity index is 1.68. The lowest BCUT2D eigenvalue weighted by atomic mass is 9.91. The number of hydrogen-bond donors (Lipinski definition) is 2. The van der Waals surface area contributed by atoms with E-state index in [1.165, 1.54) is 11.3 Å². The zero-order valence-electron chi connectivity index (χ0n) is 19.2. The molecule has 1 aliphatic rings. The third kappa shape index (κ3) is 5.05. The zero-order valence-corrected chi connectivity index (χ0v) is 20.0.